The van der Waals surface area contributed by atoms with E-state index in [0.29, 0.717) is 0 Å². The molecule has 0 aliphatic carbocycles. The third kappa shape index (κ3) is 5.26. The highest BCUT2D eigenvalue weighted by atomic mass is 15.2. The van der Waals surface area contributed by atoms with Gasteiger partial charge in [0.05, 0.1) is 5.69 Å². The minimum absolute atomic E-state index is 0.0204. The third-order valence-corrected chi connectivity index (χ3v) is 16.7. The maximum absolute atomic E-state index is 2.67. The number of hydrogen-bond donors (Lipinski definition) is 0. The average Bonchev–Trinajstić information content (AvgIpc) is 3.48. The molecule has 5 nitrogen and oxygen atoms in total. The van der Waals surface area contributed by atoms with Crippen molar-refractivity contribution in [1.29, 1.82) is 0 Å². The zero-order valence-electron chi connectivity index (χ0n) is 40.2. The van der Waals surface area contributed by atoms with Gasteiger partial charge in [0.2, 0.25) is 0 Å². The fourth-order valence-corrected chi connectivity index (χ4v) is 14.0. The van der Waals surface area contributed by atoms with Gasteiger partial charge < -0.3 is 24.5 Å². The van der Waals surface area contributed by atoms with Crippen LogP contribution < -0.4 is 73.7 Å². The molecule has 0 aromatic heterocycles. The van der Waals surface area contributed by atoms with Crippen molar-refractivity contribution in [3.8, 4) is 0 Å². The third-order valence-electron chi connectivity index (χ3n) is 16.7. The zero-order chi connectivity index (χ0) is 48.2. The first kappa shape index (κ1) is 40.2. The van der Waals surface area contributed by atoms with Crippen molar-refractivity contribution in [2.45, 2.75) is 0 Å². The molecular formula is C66H42B3N5. The molecule has 0 bridgehead atoms. The zero-order valence-corrected chi connectivity index (χ0v) is 40.2. The summed E-state index contributed by atoms with van der Waals surface area (Å²) in [5, 5.41) is 0. The lowest BCUT2D eigenvalue weighted by Crippen LogP contribution is -2.70. The summed E-state index contributed by atoms with van der Waals surface area (Å²) in [6, 6.07) is 95.3. The van der Waals surface area contributed by atoms with Gasteiger partial charge in [-0.25, -0.2) is 0 Å². The van der Waals surface area contributed by atoms with Gasteiger partial charge in [-0.3, -0.25) is 0 Å². The van der Waals surface area contributed by atoms with E-state index < -0.39 is 0 Å². The van der Waals surface area contributed by atoms with Crippen LogP contribution in [0.15, 0.2) is 255 Å². The normalized spacial score (nSPS) is 14.0. The summed E-state index contributed by atoms with van der Waals surface area (Å²) >= 11 is 0. The fraction of sp³-hybridized carbons (Fsp3) is 0. The van der Waals surface area contributed by atoms with Crippen LogP contribution in [0.5, 0.6) is 0 Å². The van der Waals surface area contributed by atoms with E-state index in [4.69, 9.17) is 0 Å². The Labute approximate surface area is 431 Å². The minimum Gasteiger partial charge on any atom is -0.312 e. The van der Waals surface area contributed by atoms with Gasteiger partial charge in [0.25, 0.3) is 20.1 Å². The lowest BCUT2D eigenvalue weighted by molar-refractivity contribution is 1.22. The molecule has 0 unspecified atom stereocenters. The van der Waals surface area contributed by atoms with Gasteiger partial charge in [-0.05, 0) is 146 Å². The number of fused-ring (bicyclic) bond motifs is 14. The highest BCUT2D eigenvalue weighted by molar-refractivity contribution is 7.06. The van der Waals surface area contributed by atoms with Gasteiger partial charge in [0.1, 0.15) is 0 Å². The number of para-hydroxylation sites is 8. The van der Waals surface area contributed by atoms with Crippen LogP contribution in [-0.2, 0) is 0 Å². The van der Waals surface area contributed by atoms with Gasteiger partial charge >= 0.3 is 0 Å². The van der Waals surface area contributed by atoms with Gasteiger partial charge in [0, 0.05) is 79.6 Å². The summed E-state index contributed by atoms with van der Waals surface area (Å²) in [5.74, 6) is 0. The molecular weight excluding hydrogens is 895 g/mol. The second-order valence-electron chi connectivity index (χ2n) is 20.3. The molecule has 0 spiro atoms. The number of benzene rings is 11. The molecule has 0 fully saturated rings. The predicted molar refractivity (Wildman–Crippen MR) is 314 cm³/mol. The van der Waals surface area contributed by atoms with E-state index in [-0.39, 0.29) is 20.1 Å². The first-order chi connectivity index (χ1) is 36.8. The fourth-order valence-electron chi connectivity index (χ4n) is 14.0. The van der Waals surface area contributed by atoms with Crippen molar-refractivity contribution in [2.24, 2.45) is 0 Å². The molecule has 11 aromatic rings. The summed E-state index contributed by atoms with van der Waals surface area (Å²) in [6.07, 6.45) is 0. The van der Waals surface area contributed by atoms with Crippen molar-refractivity contribution < 1.29 is 0 Å². The van der Waals surface area contributed by atoms with Crippen LogP contribution in [0.1, 0.15) is 0 Å². The average molecular weight is 938 g/mol. The lowest BCUT2D eigenvalue weighted by atomic mass is 9.27. The van der Waals surface area contributed by atoms with Crippen molar-refractivity contribution in [1.82, 2.24) is 0 Å². The molecule has 6 aliphatic rings. The van der Waals surface area contributed by atoms with E-state index in [1.54, 1.807) is 0 Å². The van der Waals surface area contributed by atoms with Crippen LogP contribution in [0.4, 0.5) is 85.3 Å². The Morgan fingerprint density at radius 3 is 0.946 bits per heavy atom. The molecule has 11 aromatic carbocycles. The van der Waals surface area contributed by atoms with Gasteiger partial charge in [-0.1, -0.05) is 158 Å². The highest BCUT2D eigenvalue weighted by Gasteiger charge is 2.54. The van der Waals surface area contributed by atoms with Gasteiger partial charge in [-0.2, -0.15) is 0 Å². The Bertz CT molecular complexity index is 3890. The maximum atomic E-state index is 2.67. The summed E-state index contributed by atoms with van der Waals surface area (Å²) in [7, 11) is 0. The van der Waals surface area contributed by atoms with Gasteiger partial charge in [-0.15, -0.1) is 0 Å². The Morgan fingerprint density at radius 1 is 0.230 bits per heavy atom. The molecule has 6 heterocycles. The van der Waals surface area contributed by atoms with E-state index in [0.717, 1.165) is 28.4 Å². The SMILES string of the molecule is c1ccc(N(c2ccccc2)c2cc3c4c(c2)N2c5ccccc5B5c6ccccc6N(c6ccccc6)c6ccc(c2c65)B4c2ccc4c5c2N3c2ccccc2B5c2ccccc2N4c2ccccc2)cc1. The number of anilines is 15. The molecule has 8 heteroatoms. The lowest BCUT2D eigenvalue weighted by Gasteiger charge is -2.52. The van der Waals surface area contributed by atoms with Gasteiger partial charge in [0.15, 0.2) is 0 Å². The van der Waals surface area contributed by atoms with Crippen molar-refractivity contribution in [2.75, 3.05) is 24.5 Å². The largest absolute Gasteiger partial charge is 0.312 e. The highest BCUT2D eigenvalue weighted by Crippen LogP contribution is 2.52. The monoisotopic (exact) mass is 937 g/mol. The van der Waals surface area contributed by atoms with Crippen LogP contribution in [-0.4, -0.2) is 20.1 Å². The van der Waals surface area contributed by atoms with Crippen LogP contribution in [0.2, 0.25) is 0 Å². The smallest absolute Gasteiger partial charge is 0.252 e. The van der Waals surface area contributed by atoms with Crippen molar-refractivity contribution in [3.63, 3.8) is 0 Å². The molecule has 0 saturated heterocycles. The molecule has 340 valence electrons. The molecule has 6 aliphatic heterocycles. The topological polar surface area (TPSA) is 16.2 Å². The number of hydrogen-bond acceptors (Lipinski definition) is 5. The van der Waals surface area contributed by atoms with E-state index in [9.17, 15) is 0 Å². The summed E-state index contributed by atoms with van der Waals surface area (Å²) in [5.41, 5.74) is 29.9. The molecule has 74 heavy (non-hydrogen) atoms. The summed E-state index contributed by atoms with van der Waals surface area (Å²) in [6.45, 7) is -0.0373. The molecule has 0 atom stereocenters. The Morgan fingerprint density at radius 2 is 0.554 bits per heavy atom. The molecule has 0 amide bonds. The first-order valence-electron chi connectivity index (χ1n) is 25.9. The first-order valence-corrected chi connectivity index (χ1v) is 25.9. The quantitative estimate of drug-likeness (QED) is 0.159. The number of nitrogens with zero attached hydrogens (tertiary/aromatic N) is 5. The van der Waals surface area contributed by atoms with E-state index in [1.165, 1.54) is 106 Å². The Kier molecular flexibility index (Phi) is 8.20. The molecule has 0 N–H and O–H groups in total. The molecule has 17 rings (SSSR count). The van der Waals surface area contributed by atoms with E-state index >= 15 is 0 Å². The molecule has 0 saturated carbocycles. The van der Waals surface area contributed by atoms with Crippen LogP contribution in [0, 0.1) is 0 Å². The van der Waals surface area contributed by atoms with Crippen LogP contribution in [0.3, 0.4) is 0 Å². The molecule has 0 radical (unpaired) electrons. The Balaban J connectivity index is 1.03. The van der Waals surface area contributed by atoms with Crippen LogP contribution >= 0.6 is 0 Å². The predicted octanol–water partition coefficient (Wildman–Crippen LogP) is 10.5. The minimum atomic E-state index is -0.0782. The standard InChI is InChI=1S/C66H42B3N5/c1-5-21-43(22-6-1)70(44-23-7-2-8-24-44)47-41-60-62-61(42-47)74-57-36-20-16-32-51(57)68-49-30-14-18-34-55(49)72(46-27-11-4-12-28-46)59-40-38-53(66(74)64(59)68)69(62)52-37-39-58-63-65(52)73(60)56-35-19-15-31-50(56)67(63)48-29-13-17-33-54(48)71(58)45-25-9-3-10-26-45/h1-42H. The maximum Gasteiger partial charge on any atom is 0.252 e. The van der Waals surface area contributed by atoms with Crippen molar-refractivity contribution >= 4 is 155 Å². The summed E-state index contributed by atoms with van der Waals surface area (Å²) in [4.78, 5) is 12.8. The van der Waals surface area contributed by atoms with E-state index in [2.05, 4.69) is 279 Å². The van der Waals surface area contributed by atoms with Crippen molar-refractivity contribution in [3.05, 3.63) is 255 Å². The second-order valence-corrected chi connectivity index (χ2v) is 20.3. The summed E-state index contributed by atoms with van der Waals surface area (Å²) < 4.78 is 0. The Hall–Kier alpha value is -9.39. The van der Waals surface area contributed by atoms with Crippen LogP contribution in [0.25, 0.3) is 0 Å². The van der Waals surface area contributed by atoms with E-state index in [1.807, 2.05) is 0 Å². The second kappa shape index (κ2) is 15.1. The number of rotatable bonds is 5.